The van der Waals surface area contributed by atoms with Crippen molar-refractivity contribution in [2.45, 2.75) is 78.6 Å². The van der Waals surface area contributed by atoms with Gasteiger partial charge < -0.3 is 0 Å². The molecule has 0 saturated heterocycles. The maximum Gasteiger partial charge on any atom is 0.416 e. The summed E-state index contributed by atoms with van der Waals surface area (Å²) >= 11 is 0. The van der Waals surface area contributed by atoms with Crippen molar-refractivity contribution in [3.8, 4) is 0 Å². The summed E-state index contributed by atoms with van der Waals surface area (Å²) in [5.74, 6) is 0.120. The first-order chi connectivity index (χ1) is 13.7. The summed E-state index contributed by atoms with van der Waals surface area (Å²) in [5.41, 5.74) is 1.84. The van der Waals surface area contributed by atoms with Crippen molar-refractivity contribution in [3.63, 3.8) is 0 Å². The zero-order valence-electron chi connectivity index (χ0n) is 18.3. The van der Waals surface area contributed by atoms with Gasteiger partial charge in [0.25, 0.3) is 0 Å². The van der Waals surface area contributed by atoms with E-state index in [-0.39, 0.29) is 11.8 Å². The quantitative estimate of drug-likeness (QED) is 0.423. The van der Waals surface area contributed by atoms with Crippen molar-refractivity contribution in [2.24, 2.45) is 0 Å². The maximum absolute atomic E-state index is 12.7. The van der Waals surface area contributed by atoms with Gasteiger partial charge >= 0.3 is 12.4 Å². The molecule has 0 aliphatic carbocycles. The molecule has 0 aliphatic rings. The Hall–Kier alpha value is -1.98. The number of hydrogen-bond donors (Lipinski definition) is 0. The van der Waals surface area contributed by atoms with Crippen LogP contribution in [0.4, 0.5) is 26.3 Å². The average Bonchev–Trinajstić information content (AvgIpc) is 2.65. The molecule has 0 heterocycles. The highest BCUT2D eigenvalue weighted by Gasteiger charge is 2.34. The van der Waals surface area contributed by atoms with Crippen LogP contribution in [0.25, 0.3) is 0 Å². The molecule has 168 valence electrons. The van der Waals surface area contributed by atoms with E-state index in [2.05, 4.69) is 0 Å². The van der Waals surface area contributed by atoms with Crippen molar-refractivity contribution in [1.29, 1.82) is 0 Å². The van der Waals surface area contributed by atoms with Crippen molar-refractivity contribution >= 4 is 0 Å². The largest absolute Gasteiger partial charge is 0.416 e. The molecule has 2 atom stereocenters. The standard InChI is InChI=1S/2C12H15F3/c1-4-8(2)11-7-10(12(13,14)15)6-5-9(11)3;1-4-8(2)11-9(3)6-5-7-10(11)12(13,14)15/h2*5-8H,4H2,1-3H3. The molecule has 0 spiro atoms. The van der Waals surface area contributed by atoms with Crippen LogP contribution >= 0.6 is 0 Å². The minimum atomic E-state index is -4.25. The third kappa shape index (κ3) is 6.78. The Morgan fingerprint density at radius 3 is 1.77 bits per heavy atom. The topological polar surface area (TPSA) is 0 Å². The van der Waals surface area contributed by atoms with Crippen molar-refractivity contribution in [1.82, 2.24) is 0 Å². The molecule has 30 heavy (non-hydrogen) atoms. The van der Waals surface area contributed by atoms with Gasteiger partial charge in [0.1, 0.15) is 0 Å². The lowest BCUT2D eigenvalue weighted by atomic mass is 9.89. The summed E-state index contributed by atoms with van der Waals surface area (Å²) in [6.45, 7) is 11.2. The van der Waals surface area contributed by atoms with Gasteiger partial charge in [0, 0.05) is 0 Å². The first kappa shape index (κ1) is 26.1. The highest BCUT2D eigenvalue weighted by Crippen LogP contribution is 2.37. The summed E-state index contributed by atoms with van der Waals surface area (Å²) in [7, 11) is 0. The zero-order chi connectivity index (χ0) is 23.3. The van der Waals surface area contributed by atoms with Crippen LogP contribution in [-0.4, -0.2) is 0 Å². The van der Waals surface area contributed by atoms with Gasteiger partial charge in [-0.25, -0.2) is 0 Å². The Morgan fingerprint density at radius 1 is 0.733 bits per heavy atom. The molecule has 0 fully saturated rings. The number of benzene rings is 2. The van der Waals surface area contributed by atoms with E-state index >= 15 is 0 Å². The fourth-order valence-electron chi connectivity index (χ4n) is 3.35. The number of aryl methyl sites for hydroxylation is 2. The molecule has 6 heteroatoms. The summed E-state index contributed by atoms with van der Waals surface area (Å²) in [6, 6.07) is 8.31. The smallest absolute Gasteiger partial charge is 0.166 e. The van der Waals surface area contributed by atoms with E-state index in [0.29, 0.717) is 12.0 Å². The van der Waals surface area contributed by atoms with E-state index in [0.717, 1.165) is 35.2 Å². The lowest BCUT2D eigenvalue weighted by Gasteiger charge is -2.19. The summed E-state index contributed by atoms with van der Waals surface area (Å²) in [6.07, 6.45) is -6.92. The third-order valence-corrected chi connectivity index (χ3v) is 5.48. The Kier molecular flexibility index (Phi) is 9.00. The van der Waals surface area contributed by atoms with E-state index in [4.69, 9.17) is 0 Å². The van der Waals surface area contributed by atoms with Gasteiger partial charge in [-0.2, -0.15) is 26.3 Å². The van der Waals surface area contributed by atoms with Gasteiger partial charge in [0.15, 0.2) is 0 Å². The fourth-order valence-corrected chi connectivity index (χ4v) is 3.35. The minimum Gasteiger partial charge on any atom is -0.166 e. The molecule has 2 unspecified atom stereocenters. The van der Waals surface area contributed by atoms with Gasteiger partial charge in [-0.3, -0.25) is 0 Å². The number of hydrogen-bond acceptors (Lipinski definition) is 0. The van der Waals surface area contributed by atoms with Crippen molar-refractivity contribution in [3.05, 3.63) is 69.8 Å². The third-order valence-electron chi connectivity index (χ3n) is 5.48. The second-order valence-corrected chi connectivity index (χ2v) is 7.72. The molecule has 0 nitrogen and oxygen atoms in total. The van der Waals surface area contributed by atoms with E-state index in [1.165, 1.54) is 12.1 Å². The average molecular weight is 432 g/mol. The normalized spacial score (nSPS) is 14.0. The van der Waals surface area contributed by atoms with Gasteiger partial charge in [0.05, 0.1) is 11.1 Å². The second-order valence-electron chi connectivity index (χ2n) is 7.72. The van der Waals surface area contributed by atoms with Crippen LogP contribution in [0.5, 0.6) is 0 Å². The molecule has 0 aromatic heterocycles. The Labute approximate surface area is 175 Å². The predicted molar refractivity (Wildman–Crippen MR) is 110 cm³/mol. The van der Waals surface area contributed by atoms with Crippen LogP contribution in [0, 0.1) is 13.8 Å². The number of halogens is 6. The van der Waals surface area contributed by atoms with E-state index in [1.54, 1.807) is 19.1 Å². The molecule has 2 aromatic rings. The number of rotatable bonds is 4. The lowest BCUT2D eigenvalue weighted by Crippen LogP contribution is -2.12. The van der Waals surface area contributed by atoms with E-state index < -0.39 is 23.5 Å². The SMILES string of the molecule is CCC(C)c1c(C)cccc1C(F)(F)F.CCC(C)c1cc(C(F)(F)F)ccc1C. The highest BCUT2D eigenvalue weighted by atomic mass is 19.4. The number of alkyl halides is 6. The van der Waals surface area contributed by atoms with Gasteiger partial charge in [0.2, 0.25) is 0 Å². The van der Waals surface area contributed by atoms with Crippen molar-refractivity contribution in [2.75, 3.05) is 0 Å². The first-order valence-corrected chi connectivity index (χ1v) is 10.1. The molecule has 0 amide bonds. The summed E-state index contributed by atoms with van der Waals surface area (Å²) < 4.78 is 75.6. The van der Waals surface area contributed by atoms with Crippen molar-refractivity contribution < 1.29 is 26.3 Å². The monoisotopic (exact) mass is 432 g/mol. The molecule has 0 radical (unpaired) electrons. The van der Waals surface area contributed by atoms with Gasteiger partial charge in [-0.05, 0) is 79.0 Å². The van der Waals surface area contributed by atoms with E-state index in [1.807, 2.05) is 34.6 Å². The van der Waals surface area contributed by atoms with Crippen LogP contribution in [0.2, 0.25) is 0 Å². The Bertz CT molecular complexity index is 817. The Morgan fingerprint density at radius 2 is 1.30 bits per heavy atom. The first-order valence-electron chi connectivity index (χ1n) is 10.1. The lowest BCUT2D eigenvalue weighted by molar-refractivity contribution is -0.139. The molecule has 0 saturated carbocycles. The van der Waals surface area contributed by atoms with Crippen LogP contribution in [0.15, 0.2) is 36.4 Å². The fraction of sp³-hybridized carbons (Fsp3) is 0.500. The van der Waals surface area contributed by atoms with Gasteiger partial charge in [-0.1, -0.05) is 45.9 Å². The Balaban J connectivity index is 0.000000300. The molecule has 2 rings (SSSR count). The van der Waals surface area contributed by atoms with E-state index in [9.17, 15) is 26.3 Å². The van der Waals surface area contributed by atoms with Gasteiger partial charge in [-0.15, -0.1) is 0 Å². The summed E-state index contributed by atoms with van der Waals surface area (Å²) in [5, 5.41) is 0. The van der Waals surface area contributed by atoms with Crippen LogP contribution in [0.1, 0.15) is 85.8 Å². The van der Waals surface area contributed by atoms with Crippen LogP contribution in [-0.2, 0) is 12.4 Å². The molecular weight excluding hydrogens is 402 g/mol. The maximum atomic E-state index is 12.7. The molecule has 0 bridgehead atoms. The second kappa shape index (κ2) is 10.4. The molecule has 0 aliphatic heterocycles. The zero-order valence-corrected chi connectivity index (χ0v) is 18.3. The minimum absolute atomic E-state index is 0.0529. The summed E-state index contributed by atoms with van der Waals surface area (Å²) in [4.78, 5) is 0. The van der Waals surface area contributed by atoms with Crippen LogP contribution in [0.3, 0.4) is 0 Å². The predicted octanol–water partition coefficient (Wildman–Crippen LogP) is 9.05. The molecule has 0 N–H and O–H groups in total. The molecular formula is C24H30F6. The highest BCUT2D eigenvalue weighted by molar-refractivity contribution is 5.39. The van der Waals surface area contributed by atoms with Crippen LogP contribution < -0.4 is 0 Å². The molecule has 2 aromatic carbocycles.